The molecule has 1 N–H and O–H groups in total. The Hall–Kier alpha value is -3.14. The highest BCUT2D eigenvalue weighted by molar-refractivity contribution is 5.91. The molecule has 10 heteroatoms. The highest BCUT2D eigenvalue weighted by Gasteiger charge is 2.25. The van der Waals surface area contributed by atoms with Crippen molar-refractivity contribution in [3.05, 3.63) is 46.9 Å². The maximum absolute atomic E-state index is 14.7. The summed E-state index contributed by atoms with van der Waals surface area (Å²) in [6.07, 6.45) is -1.02. The van der Waals surface area contributed by atoms with Gasteiger partial charge in [-0.25, -0.2) is 18.2 Å². The Kier molecular flexibility index (Phi) is 7.37. The molecule has 1 aromatic carbocycles. The minimum absolute atomic E-state index is 0.0237. The Morgan fingerprint density at radius 1 is 0.973 bits per heavy atom. The fraction of sp³-hybridized carbons (Fsp3) is 0.519. The molecule has 0 spiro atoms. The summed E-state index contributed by atoms with van der Waals surface area (Å²) >= 11 is 0. The smallest absolute Gasteiger partial charge is 0.266 e. The molecule has 0 unspecified atom stereocenters. The number of alkyl halides is 2. The van der Waals surface area contributed by atoms with Crippen molar-refractivity contribution in [2.75, 3.05) is 54.4 Å². The molecule has 0 radical (unpaired) electrons. The van der Waals surface area contributed by atoms with Gasteiger partial charge in [-0.05, 0) is 32.8 Å². The van der Waals surface area contributed by atoms with Gasteiger partial charge in [-0.3, -0.25) is 4.90 Å². The van der Waals surface area contributed by atoms with E-state index in [2.05, 4.69) is 46.9 Å². The third-order valence-electron chi connectivity index (χ3n) is 7.38. The van der Waals surface area contributed by atoms with E-state index in [1.807, 2.05) is 0 Å². The lowest BCUT2D eigenvalue weighted by Crippen LogP contribution is -2.49. The molecule has 0 aliphatic carbocycles. The van der Waals surface area contributed by atoms with E-state index in [1.165, 1.54) is 12.1 Å². The van der Waals surface area contributed by atoms with Crippen LogP contribution in [-0.2, 0) is 13.0 Å². The highest BCUT2D eigenvalue weighted by atomic mass is 19.3. The van der Waals surface area contributed by atoms with Crippen LogP contribution in [0.5, 0.6) is 0 Å². The molecular formula is C27H34F3N7. The Balaban J connectivity index is 1.51. The van der Waals surface area contributed by atoms with Crippen LogP contribution in [0, 0.1) is 5.82 Å². The van der Waals surface area contributed by atoms with E-state index in [0.717, 1.165) is 74.9 Å². The van der Waals surface area contributed by atoms with E-state index >= 15 is 0 Å². The molecule has 2 aliphatic rings. The zero-order valence-corrected chi connectivity index (χ0v) is 21.6. The number of anilines is 3. The molecule has 2 saturated heterocycles. The lowest BCUT2D eigenvalue weighted by molar-refractivity contribution is 0.146. The predicted octanol–water partition coefficient (Wildman–Crippen LogP) is 5.02. The molecular weight excluding hydrogens is 479 g/mol. The van der Waals surface area contributed by atoms with Crippen LogP contribution in [-0.4, -0.2) is 65.2 Å². The van der Waals surface area contributed by atoms with Crippen molar-refractivity contribution >= 4 is 28.5 Å². The maximum Gasteiger partial charge on any atom is 0.266 e. The van der Waals surface area contributed by atoms with Crippen LogP contribution in [0.2, 0.25) is 0 Å². The minimum atomic E-state index is -2.87. The number of aromatic nitrogens is 3. The third kappa shape index (κ3) is 5.16. The van der Waals surface area contributed by atoms with Crippen LogP contribution < -0.4 is 15.1 Å². The average Bonchev–Trinajstić information content (AvgIpc) is 2.86. The Morgan fingerprint density at radius 3 is 2.35 bits per heavy atom. The van der Waals surface area contributed by atoms with Crippen molar-refractivity contribution < 1.29 is 13.2 Å². The van der Waals surface area contributed by atoms with E-state index in [-0.39, 0.29) is 12.1 Å². The molecule has 5 rings (SSSR count). The van der Waals surface area contributed by atoms with E-state index in [1.54, 1.807) is 0 Å². The fourth-order valence-electron chi connectivity index (χ4n) is 4.96. The van der Waals surface area contributed by atoms with Gasteiger partial charge in [-0.15, -0.1) is 0 Å². The van der Waals surface area contributed by atoms with Crippen molar-refractivity contribution in [1.29, 1.82) is 0 Å². The SMILES string of the molecule is CCc1nc2nc(N3CCC3)nc(NCc3cccc(C(F)F)c3F)c2cc1N1CCN(C(C)C)CC1. The monoisotopic (exact) mass is 513 g/mol. The number of benzene rings is 1. The number of nitrogens with zero attached hydrogens (tertiary/aromatic N) is 6. The molecule has 2 fully saturated rings. The summed E-state index contributed by atoms with van der Waals surface area (Å²) in [7, 11) is 0. The largest absolute Gasteiger partial charge is 0.367 e. The Bertz CT molecular complexity index is 1250. The summed E-state index contributed by atoms with van der Waals surface area (Å²) in [4.78, 5) is 21.4. The van der Waals surface area contributed by atoms with Gasteiger partial charge in [0.2, 0.25) is 5.95 Å². The van der Waals surface area contributed by atoms with Crippen molar-refractivity contribution in [2.45, 2.75) is 52.6 Å². The van der Waals surface area contributed by atoms with Crippen LogP contribution in [0.3, 0.4) is 0 Å². The molecule has 37 heavy (non-hydrogen) atoms. The van der Waals surface area contributed by atoms with Crippen molar-refractivity contribution in [2.24, 2.45) is 0 Å². The number of hydrogen-bond donors (Lipinski definition) is 1. The fourth-order valence-corrected chi connectivity index (χ4v) is 4.96. The van der Waals surface area contributed by atoms with Gasteiger partial charge < -0.3 is 15.1 Å². The number of aryl methyl sites for hydroxylation is 1. The van der Waals surface area contributed by atoms with Crippen molar-refractivity contribution in [3.63, 3.8) is 0 Å². The van der Waals surface area contributed by atoms with Gasteiger partial charge in [0.25, 0.3) is 6.43 Å². The van der Waals surface area contributed by atoms with Gasteiger partial charge in [-0.2, -0.15) is 9.97 Å². The number of nitrogens with one attached hydrogen (secondary N) is 1. The van der Waals surface area contributed by atoms with Gasteiger partial charge in [0.15, 0.2) is 5.65 Å². The third-order valence-corrected chi connectivity index (χ3v) is 7.38. The minimum Gasteiger partial charge on any atom is -0.367 e. The summed E-state index contributed by atoms with van der Waals surface area (Å²) < 4.78 is 41.2. The number of fused-ring (bicyclic) bond motifs is 1. The van der Waals surface area contributed by atoms with Crippen molar-refractivity contribution in [1.82, 2.24) is 19.9 Å². The predicted molar refractivity (Wildman–Crippen MR) is 141 cm³/mol. The van der Waals surface area contributed by atoms with Crippen LogP contribution in [0.1, 0.15) is 50.4 Å². The first kappa shape index (κ1) is 25.5. The van der Waals surface area contributed by atoms with Gasteiger partial charge in [0.1, 0.15) is 11.6 Å². The molecule has 2 aliphatic heterocycles. The molecule has 2 aromatic heterocycles. The van der Waals surface area contributed by atoms with Crippen LogP contribution in [0.15, 0.2) is 24.3 Å². The molecule has 3 aromatic rings. The van der Waals surface area contributed by atoms with Crippen LogP contribution in [0.25, 0.3) is 11.0 Å². The number of piperazine rings is 1. The lowest BCUT2D eigenvalue weighted by Gasteiger charge is -2.38. The van der Waals surface area contributed by atoms with E-state index in [0.29, 0.717) is 23.5 Å². The standard InChI is InChI=1S/C27H34F3N7/c1-4-21-22(36-13-11-35(12-14-36)17(2)3)15-20-25(33-27(34-26(20)32-21)37-9-6-10-37)31-16-18-7-5-8-19(23(18)28)24(29)30/h5,7-8,15,17,24H,4,6,9-14,16H2,1-3H3,(H,31,32,33,34). The highest BCUT2D eigenvalue weighted by Crippen LogP contribution is 2.32. The van der Waals surface area contributed by atoms with E-state index < -0.39 is 17.8 Å². The molecule has 4 heterocycles. The quantitative estimate of drug-likeness (QED) is 0.454. The zero-order chi connectivity index (χ0) is 26.1. The van der Waals surface area contributed by atoms with E-state index in [4.69, 9.17) is 15.0 Å². The number of pyridine rings is 1. The molecule has 0 saturated carbocycles. The summed E-state index contributed by atoms with van der Waals surface area (Å²) in [5, 5.41) is 3.96. The van der Waals surface area contributed by atoms with Gasteiger partial charge >= 0.3 is 0 Å². The first-order chi connectivity index (χ1) is 17.9. The molecule has 0 bridgehead atoms. The van der Waals surface area contributed by atoms with Crippen molar-refractivity contribution in [3.8, 4) is 0 Å². The second kappa shape index (κ2) is 10.7. The van der Waals surface area contributed by atoms with Gasteiger partial charge in [0, 0.05) is 57.4 Å². The van der Waals surface area contributed by atoms with Crippen LogP contribution >= 0.6 is 0 Å². The van der Waals surface area contributed by atoms with Gasteiger partial charge in [-0.1, -0.05) is 25.1 Å². The summed E-state index contributed by atoms with van der Waals surface area (Å²) in [6, 6.07) is 6.68. The second-order valence-electron chi connectivity index (χ2n) is 9.98. The Morgan fingerprint density at radius 2 is 1.73 bits per heavy atom. The summed E-state index contributed by atoms with van der Waals surface area (Å²) in [6.45, 7) is 12.1. The molecule has 7 nitrogen and oxygen atoms in total. The number of rotatable bonds is 8. The first-order valence-electron chi connectivity index (χ1n) is 13.1. The lowest BCUT2D eigenvalue weighted by atomic mass is 10.1. The second-order valence-corrected chi connectivity index (χ2v) is 9.98. The molecule has 198 valence electrons. The zero-order valence-electron chi connectivity index (χ0n) is 21.6. The average molecular weight is 514 g/mol. The van der Waals surface area contributed by atoms with Gasteiger partial charge in [0.05, 0.1) is 22.3 Å². The first-order valence-corrected chi connectivity index (χ1v) is 13.1. The van der Waals surface area contributed by atoms with E-state index in [9.17, 15) is 13.2 Å². The molecule has 0 amide bonds. The summed E-state index contributed by atoms with van der Waals surface area (Å²) in [5.41, 5.74) is 2.21. The van der Waals surface area contributed by atoms with Crippen LogP contribution in [0.4, 0.5) is 30.6 Å². The Labute approximate surface area is 215 Å². The molecule has 0 atom stereocenters. The maximum atomic E-state index is 14.7. The summed E-state index contributed by atoms with van der Waals surface area (Å²) in [5.74, 6) is 0.225. The number of hydrogen-bond acceptors (Lipinski definition) is 7. The number of halogens is 3. The topological polar surface area (TPSA) is 60.4 Å². The normalized spacial score (nSPS) is 16.6.